The van der Waals surface area contributed by atoms with Crippen LogP contribution in [0.1, 0.15) is 112 Å². The molecule has 12 rings (SSSR count). The fourth-order valence-electron chi connectivity index (χ4n) is 14.7. The van der Waals surface area contributed by atoms with Crippen LogP contribution in [-0.2, 0) is 128 Å². The molecule has 106 heavy (non-hydrogen) atoms. The standard InChI is InChI=1S/C88H107ClO16Si/c1-87(2,3)106(88(4,5)6)99-63-74-77(105-106)80(95-57-68-43-25-13-26-44-68)83(98-60-71-49-31-16-32-50-71)86(102-74)104-76-73(62-91-54-65-37-19-10-20-38-65)101-85(82(97-59-70-47-29-15-30-48-70)79(76)94-56-67-41-23-12-24-42-67)103-75-72(61-90-53-64-35-17-9-18-36-64)100-84(92-52-34-8-7-33-51-89)81(96-58-69-45-27-14-28-46-69)78(75)93-55-66-39-21-11-22-40-66/h9-32,35-50,72-86H,7-8,33-34,51-63H2,1-6H3/t72-,73-,74-,75-,76+,77-,78+,79+,80+,81-,82-,83-,84-,85+,86+/m1/s1. The quantitative estimate of drug-likeness (QED) is 0.0206. The van der Waals surface area contributed by atoms with E-state index in [2.05, 4.69) is 53.7 Å². The SMILES string of the molecule is CC(C)(C)[Si]1(C(C)(C)C)OC[C@H]2O[C@@H](O[C@@H]3[C@H](OCc4ccccc4)[C@@H](OCc4ccccc4)[C@H](O[C@H]4[C@H](OCc5ccccc5)[C@@H](OCc5ccccc5)[C@H](OCCCCCCCl)O[C@@H]4COCc4ccccc4)O[C@@H]3COCc3ccccc3)[C@H](OCc3ccccc3)[C@@H](OCc3ccccc3)[C@@H]2O1. The van der Waals surface area contributed by atoms with Crippen molar-refractivity contribution in [3.8, 4) is 0 Å². The first-order valence-corrected chi connectivity index (χ1v) is 40.1. The predicted molar refractivity (Wildman–Crippen MR) is 409 cm³/mol. The van der Waals surface area contributed by atoms with Gasteiger partial charge in [0.1, 0.15) is 73.2 Å². The third kappa shape index (κ3) is 21.8. The molecule has 0 N–H and O–H groups in total. The van der Waals surface area contributed by atoms with Crippen molar-refractivity contribution >= 4 is 20.2 Å². The van der Waals surface area contributed by atoms with E-state index in [1.807, 2.05) is 231 Å². The first-order valence-electron chi connectivity index (χ1n) is 37.7. The second-order valence-corrected chi connectivity index (χ2v) is 35.0. The molecule has 15 atom stereocenters. The first kappa shape index (κ1) is 79.2. The van der Waals surface area contributed by atoms with Crippen molar-refractivity contribution in [2.45, 2.75) is 222 Å². The van der Waals surface area contributed by atoms with Gasteiger partial charge in [-0.25, -0.2) is 0 Å². The lowest BCUT2D eigenvalue weighted by atomic mass is 9.95. The minimum absolute atomic E-state index is 0.0158. The van der Waals surface area contributed by atoms with Crippen molar-refractivity contribution in [2.75, 3.05) is 32.3 Å². The number of ether oxygens (including phenoxy) is 14. The molecule has 18 heteroatoms. The summed E-state index contributed by atoms with van der Waals surface area (Å²) in [6.45, 7) is 15.5. The van der Waals surface area contributed by atoms with Crippen molar-refractivity contribution in [2.24, 2.45) is 0 Å². The van der Waals surface area contributed by atoms with Crippen LogP contribution in [0, 0.1) is 0 Å². The van der Waals surface area contributed by atoms with Gasteiger partial charge in [-0.2, -0.15) is 0 Å². The van der Waals surface area contributed by atoms with E-state index in [0.29, 0.717) is 12.5 Å². The zero-order chi connectivity index (χ0) is 73.4. The smallest absolute Gasteiger partial charge is 0.349 e. The molecule has 0 unspecified atom stereocenters. The molecule has 4 aliphatic rings. The Labute approximate surface area is 633 Å². The average Bonchev–Trinajstić information content (AvgIpc) is 0.736. The van der Waals surface area contributed by atoms with Gasteiger partial charge in [-0.05, 0) is 57.3 Å². The van der Waals surface area contributed by atoms with E-state index < -0.39 is 101 Å². The van der Waals surface area contributed by atoms with Gasteiger partial charge in [0.2, 0.25) is 0 Å². The minimum atomic E-state index is -3.19. The summed E-state index contributed by atoms with van der Waals surface area (Å²) in [6, 6.07) is 80.7. The number of hydrogen-bond acceptors (Lipinski definition) is 16. The normalized spacial score (nSPS) is 26.1. The maximum absolute atomic E-state index is 7.89. The van der Waals surface area contributed by atoms with Gasteiger partial charge in [0.25, 0.3) is 0 Å². The van der Waals surface area contributed by atoms with Crippen LogP contribution in [0.3, 0.4) is 0 Å². The molecule has 4 saturated heterocycles. The van der Waals surface area contributed by atoms with Gasteiger partial charge in [-0.1, -0.05) is 297 Å². The summed E-state index contributed by atoms with van der Waals surface area (Å²) in [5.74, 6) is 0.599. The topological polar surface area (TPSA) is 148 Å². The van der Waals surface area contributed by atoms with Crippen molar-refractivity contribution in [3.05, 3.63) is 287 Å². The van der Waals surface area contributed by atoms with E-state index in [9.17, 15) is 0 Å². The summed E-state index contributed by atoms with van der Waals surface area (Å²) in [5, 5.41) is -0.750. The second kappa shape index (κ2) is 39.8. The van der Waals surface area contributed by atoms with Gasteiger partial charge in [0.15, 0.2) is 18.9 Å². The maximum Gasteiger partial charge on any atom is 0.349 e. The lowest BCUT2D eigenvalue weighted by molar-refractivity contribution is -0.395. The molecule has 0 bridgehead atoms. The van der Waals surface area contributed by atoms with Gasteiger partial charge in [-0.15, -0.1) is 11.6 Å². The molecule has 4 fully saturated rings. The fourth-order valence-corrected chi connectivity index (χ4v) is 19.8. The Bertz CT molecular complexity index is 3720. The van der Waals surface area contributed by atoms with Gasteiger partial charge >= 0.3 is 8.56 Å². The van der Waals surface area contributed by atoms with Crippen molar-refractivity contribution in [1.82, 2.24) is 0 Å². The molecule has 566 valence electrons. The molecule has 0 saturated carbocycles. The number of benzene rings is 8. The maximum atomic E-state index is 7.89. The summed E-state index contributed by atoms with van der Waals surface area (Å²) in [6.07, 6.45) is -10.6. The first-order chi connectivity index (χ1) is 51.8. The van der Waals surface area contributed by atoms with Crippen LogP contribution in [0.15, 0.2) is 243 Å². The fraction of sp³-hybridized carbons (Fsp3) is 0.455. The molecule has 8 aromatic carbocycles. The van der Waals surface area contributed by atoms with Crippen LogP contribution in [0.5, 0.6) is 0 Å². The Morgan fingerprint density at radius 3 is 0.991 bits per heavy atom. The van der Waals surface area contributed by atoms with E-state index in [1.165, 1.54) is 0 Å². The largest absolute Gasteiger partial charge is 0.391 e. The lowest BCUT2D eigenvalue weighted by Crippen LogP contribution is -2.72. The molecular formula is C88H107ClO16Si. The molecule has 8 aromatic rings. The summed E-state index contributed by atoms with van der Waals surface area (Å²) in [5.41, 5.74) is 7.59. The molecule has 16 nitrogen and oxygen atoms in total. The van der Waals surface area contributed by atoms with Crippen LogP contribution in [0.2, 0.25) is 10.1 Å². The second-order valence-electron chi connectivity index (χ2n) is 29.9. The zero-order valence-electron chi connectivity index (χ0n) is 62.2. The molecule has 0 radical (unpaired) electrons. The Balaban J connectivity index is 0.986. The highest BCUT2D eigenvalue weighted by Crippen LogP contribution is 2.56. The number of hydrogen-bond donors (Lipinski definition) is 0. The number of fused-ring (bicyclic) bond motifs is 1. The van der Waals surface area contributed by atoms with E-state index >= 15 is 0 Å². The Morgan fingerprint density at radius 2 is 0.632 bits per heavy atom. The molecular weight excluding hydrogens is 1380 g/mol. The number of alkyl halides is 1. The number of unbranched alkanes of at least 4 members (excludes halogenated alkanes) is 3. The van der Waals surface area contributed by atoms with E-state index in [4.69, 9.17) is 86.8 Å². The molecule has 0 aromatic heterocycles. The average molecular weight is 1480 g/mol. The van der Waals surface area contributed by atoms with Gasteiger partial charge < -0.3 is 75.2 Å². The van der Waals surface area contributed by atoms with E-state index in [1.54, 1.807) is 0 Å². The van der Waals surface area contributed by atoms with Crippen LogP contribution in [0.4, 0.5) is 0 Å². The third-order valence-electron chi connectivity index (χ3n) is 19.9. The summed E-state index contributed by atoms with van der Waals surface area (Å²) in [4.78, 5) is 0. The van der Waals surface area contributed by atoms with Crippen molar-refractivity contribution in [3.63, 3.8) is 0 Å². The molecule has 0 spiro atoms. The Hall–Kier alpha value is -6.37. The van der Waals surface area contributed by atoms with E-state index in [0.717, 1.165) is 70.2 Å². The van der Waals surface area contributed by atoms with Gasteiger partial charge in [0, 0.05) is 22.6 Å². The van der Waals surface area contributed by atoms with E-state index in [-0.39, 0.29) is 82.8 Å². The monoisotopic (exact) mass is 1480 g/mol. The summed E-state index contributed by atoms with van der Waals surface area (Å²) < 4.78 is 118. The highest BCUT2D eigenvalue weighted by molar-refractivity contribution is 6.73. The molecule has 0 aliphatic carbocycles. The Kier molecular flexibility index (Phi) is 29.8. The molecule has 0 amide bonds. The molecule has 4 aliphatic heterocycles. The van der Waals surface area contributed by atoms with Crippen LogP contribution in [0.25, 0.3) is 0 Å². The van der Waals surface area contributed by atoms with Crippen LogP contribution in [-0.4, -0.2) is 133 Å². The van der Waals surface area contributed by atoms with Gasteiger partial charge in [-0.3, -0.25) is 0 Å². The van der Waals surface area contributed by atoms with Crippen LogP contribution < -0.4 is 0 Å². The number of halogens is 1. The number of rotatable bonds is 37. The highest BCUT2D eigenvalue weighted by atomic mass is 35.5. The Morgan fingerprint density at radius 1 is 0.330 bits per heavy atom. The van der Waals surface area contributed by atoms with Gasteiger partial charge in [0.05, 0.1) is 72.7 Å². The van der Waals surface area contributed by atoms with Crippen LogP contribution >= 0.6 is 11.6 Å². The lowest BCUT2D eigenvalue weighted by Gasteiger charge is -2.58. The summed E-state index contributed by atoms with van der Waals surface area (Å²) in [7, 11) is -3.19. The predicted octanol–water partition coefficient (Wildman–Crippen LogP) is 17.2. The zero-order valence-corrected chi connectivity index (χ0v) is 63.9. The minimum Gasteiger partial charge on any atom is -0.391 e. The highest BCUT2D eigenvalue weighted by Gasteiger charge is 2.66. The van der Waals surface area contributed by atoms with Crippen molar-refractivity contribution in [1.29, 1.82) is 0 Å². The summed E-state index contributed by atoms with van der Waals surface area (Å²) >= 11 is 6.17. The van der Waals surface area contributed by atoms with Crippen molar-refractivity contribution < 1.29 is 75.2 Å². The molecule has 4 heterocycles. The third-order valence-corrected chi connectivity index (χ3v) is 25.3.